The van der Waals surface area contributed by atoms with Crippen molar-refractivity contribution in [3.8, 4) is 0 Å². The van der Waals surface area contributed by atoms with Gasteiger partial charge in [0.05, 0.1) is 0 Å². The summed E-state index contributed by atoms with van der Waals surface area (Å²) in [6.07, 6.45) is 1.06. The molecule has 2 amide bonds. The van der Waals surface area contributed by atoms with Gasteiger partial charge >= 0.3 is 0 Å². The van der Waals surface area contributed by atoms with Gasteiger partial charge in [-0.3, -0.25) is 9.59 Å². The fourth-order valence-corrected chi connectivity index (χ4v) is 3.46. The molecule has 0 aliphatic rings. The molecule has 3 aromatic rings. The van der Waals surface area contributed by atoms with Gasteiger partial charge in [-0.1, -0.05) is 36.4 Å². The number of amides is 2. The fraction of sp³-hybridized carbons (Fsp3) is 0.238. The average Bonchev–Trinajstić information content (AvgIpc) is 3.19. The molecule has 0 bridgehead atoms. The van der Waals surface area contributed by atoms with Crippen LogP contribution in [0.2, 0.25) is 0 Å². The van der Waals surface area contributed by atoms with Crippen molar-refractivity contribution in [3.63, 3.8) is 0 Å². The number of carbonyl (C=O) groups excluding carboxylic acids is 2. The molecule has 1 heterocycles. The van der Waals surface area contributed by atoms with Gasteiger partial charge in [0.15, 0.2) is 0 Å². The molecule has 0 unspecified atom stereocenters. The van der Waals surface area contributed by atoms with Crippen molar-refractivity contribution in [1.29, 1.82) is 0 Å². The largest absolute Gasteiger partial charge is 0.352 e. The molecule has 0 aliphatic carbocycles. The van der Waals surface area contributed by atoms with E-state index < -0.39 is 0 Å². The molecule has 134 valence electrons. The van der Waals surface area contributed by atoms with Crippen molar-refractivity contribution in [2.45, 2.75) is 19.4 Å². The third-order valence-corrected chi connectivity index (χ3v) is 4.98. The quantitative estimate of drug-likeness (QED) is 0.641. The first kappa shape index (κ1) is 18.1. The molecule has 26 heavy (non-hydrogen) atoms. The number of hydrogen-bond acceptors (Lipinski definition) is 3. The summed E-state index contributed by atoms with van der Waals surface area (Å²) in [5.41, 5.74) is 1.79. The molecular weight excluding hydrogens is 344 g/mol. The third kappa shape index (κ3) is 4.70. The summed E-state index contributed by atoms with van der Waals surface area (Å²) in [6, 6.07) is 16.3. The van der Waals surface area contributed by atoms with Gasteiger partial charge in [-0.15, -0.1) is 0 Å². The number of hydrogen-bond donors (Lipinski definition) is 1. The molecule has 0 fully saturated rings. The Kier molecular flexibility index (Phi) is 6.02. The number of carbonyl (C=O) groups is 2. The Morgan fingerprint density at radius 2 is 1.88 bits per heavy atom. The molecule has 1 aromatic heterocycles. The average molecular weight is 366 g/mol. The van der Waals surface area contributed by atoms with Crippen LogP contribution in [0.5, 0.6) is 0 Å². The summed E-state index contributed by atoms with van der Waals surface area (Å²) in [5.74, 6) is 0.00570. The Morgan fingerprint density at radius 1 is 1.08 bits per heavy atom. The topological polar surface area (TPSA) is 49.4 Å². The van der Waals surface area contributed by atoms with E-state index in [0.717, 1.165) is 5.56 Å². The summed E-state index contributed by atoms with van der Waals surface area (Å²) in [4.78, 5) is 25.9. The van der Waals surface area contributed by atoms with Crippen LogP contribution in [0.3, 0.4) is 0 Å². The molecule has 0 saturated heterocycles. The van der Waals surface area contributed by atoms with Gasteiger partial charge in [0, 0.05) is 37.5 Å². The van der Waals surface area contributed by atoms with Crippen molar-refractivity contribution >= 4 is 33.9 Å². The van der Waals surface area contributed by atoms with Gasteiger partial charge in [0.2, 0.25) is 5.91 Å². The second-order valence-electron chi connectivity index (χ2n) is 6.30. The molecule has 4 nitrogen and oxygen atoms in total. The highest BCUT2D eigenvalue weighted by molar-refractivity contribution is 7.08. The number of nitrogens with one attached hydrogen (secondary N) is 1. The summed E-state index contributed by atoms with van der Waals surface area (Å²) in [5, 5.41) is 8.92. The highest BCUT2D eigenvalue weighted by atomic mass is 32.1. The summed E-state index contributed by atoms with van der Waals surface area (Å²) >= 11 is 1.50. The smallest absolute Gasteiger partial charge is 0.252 e. The minimum Gasteiger partial charge on any atom is -0.352 e. The lowest BCUT2D eigenvalue weighted by atomic mass is 10.1. The Balaban J connectivity index is 1.44. The van der Waals surface area contributed by atoms with E-state index in [2.05, 4.69) is 35.6 Å². The highest BCUT2D eigenvalue weighted by Gasteiger charge is 2.10. The lowest BCUT2D eigenvalue weighted by molar-refractivity contribution is -0.130. The van der Waals surface area contributed by atoms with Crippen LogP contribution in [0.1, 0.15) is 28.8 Å². The Hall–Kier alpha value is -2.66. The van der Waals surface area contributed by atoms with Gasteiger partial charge < -0.3 is 10.2 Å². The van der Waals surface area contributed by atoms with E-state index >= 15 is 0 Å². The van der Waals surface area contributed by atoms with Crippen molar-refractivity contribution in [2.75, 3.05) is 13.6 Å². The van der Waals surface area contributed by atoms with Gasteiger partial charge in [0.1, 0.15) is 0 Å². The minimum absolute atomic E-state index is 0.0804. The fourth-order valence-electron chi connectivity index (χ4n) is 2.83. The van der Waals surface area contributed by atoms with Gasteiger partial charge in [-0.05, 0) is 40.3 Å². The molecule has 3 rings (SSSR count). The molecular formula is C21H22N2O2S. The summed E-state index contributed by atoms with van der Waals surface area (Å²) < 4.78 is 0. The van der Waals surface area contributed by atoms with Crippen LogP contribution in [0.25, 0.3) is 10.8 Å². The monoisotopic (exact) mass is 366 g/mol. The zero-order valence-electron chi connectivity index (χ0n) is 14.8. The third-order valence-electron chi connectivity index (χ3n) is 4.30. The number of benzene rings is 2. The van der Waals surface area contributed by atoms with E-state index in [1.165, 1.54) is 22.1 Å². The Morgan fingerprint density at radius 3 is 2.65 bits per heavy atom. The zero-order valence-corrected chi connectivity index (χ0v) is 15.6. The van der Waals surface area contributed by atoms with E-state index in [4.69, 9.17) is 0 Å². The van der Waals surface area contributed by atoms with Crippen LogP contribution in [0, 0.1) is 0 Å². The molecule has 5 heteroatoms. The van der Waals surface area contributed by atoms with Crippen LogP contribution in [0.4, 0.5) is 0 Å². The molecule has 1 N–H and O–H groups in total. The van der Waals surface area contributed by atoms with E-state index in [-0.39, 0.29) is 11.8 Å². The lowest BCUT2D eigenvalue weighted by Gasteiger charge is -2.17. The Bertz CT molecular complexity index is 890. The first-order valence-corrected chi connectivity index (χ1v) is 9.60. The number of fused-ring (bicyclic) bond motifs is 1. The van der Waals surface area contributed by atoms with Crippen molar-refractivity contribution in [1.82, 2.24) is 10.2 Å². The second kappa shape index (κ2) is 8.63. The first-order valence-electron chi connectivity index (χ1n) is 8.65. The number of rotatable bonds is 7. The van der Waals surface area contributed by atoms with Gasteiger partial charge in [-0.25, -0.2) is 0 Å². The molecule has 0 atom stereocenters. The van der Waals surface area contributed by atoms with Crippen LogP contribution in [0.15, 0.2) is 59.3 Å². The summed E-state index contributed by atoms with van der Waals surface area (Å²) in [7, 11) is 1.82. The van der Waals surface area contributed by atoms with E-state index in [9.17, 15) is 9.59 Å². The second-order valence-corrected chi connectivity index (χ2v) is 7.08. The van der Waals surface area contributed by atoms with Crippen molar-refractivity contribution in [2.24, 2.45) is 0 Å². The molecule has 0 radical (unpaired) electrons. The van der Waals surface area contributed by atoms with E-state index in [0.29, 0.717) is 31.5 Å². The summed E-state index contributed by atoms with van der Waals surface area (Å²) in [6.45, 7) is 1.09. The van der Waals surface area contributed by atoms with Crippen molar-refractivity contribution < 1.29 is 9.59 Å². The first-order chi connectivity index (χ1) is 12.6. The van der Waals surface area contributed by atoms with E-state index in [1.807, 2.05) is 29.9 Å². The maximum Gasteiger partial charge on any atom is 0.252 e. The van der Waals surface area contributed by atoms with E-state index in [1.54, 1.807) is 11.0 Å². The molecule has 0 aliphatic heterocycles. The van der Waals surface area contributed by atoms with Crippen molar-refractivity contribution in [3.05, 3.63) is 70.4 Å². The SMILES string of the molecule is CN(Cc1ccc2ccccc2c1)C(=O)CCCNC(=O)c1ccsc1. The normalized spacial score (nSPS) is 10.7. The lowest BCUT2D eigenvalue weighted by Crippen LogP contribution is -2.28. The minimum atomic E-state index is -0.0804. The molecule has 0 spiro atoms. The van der Waals surface area contributed by atoms with Crippen LogP contribution >= 0.6 is 11.3 Å². The van der Waals surface area contributed by atoms with Gasteiger partial charge in [-0.2, -0.15) is 11.3 Å². The number of thiophene rings is 1. The predicted molar refractivity (Wildman–Crippen MR) is 106 cm³/mol. The maximum absolute atomic E-state index is 12.3. The standard InChI is InChI=1S/C21H22N2O2S/c1-23(14-16-8-9-17-5-2-3-6-18(17)13-16)20(24)7-4-11-22-21(25)19-10-12-26-15-19/h2-3,5-6,8-10,12-13,15H,4,7,11,14H2,1H3,(H,22,25). The maximum atomic E-state index is 12.3. The van der Waals surface area contributed by atoms with Crippen LogP contribution in [-0.2, 0) is 11.3 Å². The van der Waals surface area contributed by atoms with Gasteiger partial charge in [0.25, 0.3) is 5.91 Å². The van der Waals surface area contributed by atoms with Crippen LogP contribution in [-0.4, -0.2) is 30.3 Å². The zero-order chi connectivity index (χ0) is 18.4. The molecule has 2 aromatic carbocycles. The Labute approximate surface area is 157 Å². The predicted octanol–water partition coefficient (Wildman–Crippen LogP) is 4.07. The molecule has 0 saturated carbocycles. The number of nitrogens with zero attached hydrogens (tertiary/aromatic N) is 1. The highest BCUT2D eigenvalue weighted by Crippen LogP contribution is 2.16. The van der Waals surface area contributed by atoms with Crippen LogP contribution < -0.4 is 5.32 Å².